The third-order valence-electron chi connectivity index (χ3n) is 3.14. The molecule has 0 aromatic heterocycles. The Kier molecular flexibility index (Phi) is 8.76. The number of benzene rings is 1. The summed E-state index contributed by atoms with van der Waals surface area (Å²) in [5.41, 5.74) is -5.65. The molecule has 0 radical (unpaired) electrons. The van der Waals surface area contributed by atoms with Crippen LogP contribution in [0.2, 0.25) is 0 Å². The van der Waals surface area contributed by atoms with E-state index >= 15 is 0 Å². The van der Waals surface area contributed by atoms with Crippen LogP contribution in [0, 0.1) is 0 Å². The Labute approximate surface area is 153 Å². The average molecular weight is 439 g/mol. The van der Waals surface area contributed by atoms with Gasteiger partial charge in [0.2, 0.25) is 0 Å². The maximum Gasteiger partial charge on any atom is 0.485 e. The first kappa shape index (κ1) is 22.4. The fraction of sp³-hybridized carbons (Fsp3) is 0.538. The van der Waals surface area contributed by atoms with Gasteiger partial charge in [-0.05, 0) is 30.1 Å². The summed E-state index contributed by atoms with van der Waals surface area (Å²) in [5.74, 6) is 2.70. The van der Waals surface area contributed by atoms with E-state index in [4.69, 9.17) is 13.0 Å². The molecule has 24 heavy (non-hydrogen) atoms. The van der Waals surface area contributed by atoms with Crippen LogP contribution in [0.25, 0.3) is 0 Å². The van der Waals surface area contributed by atoms with Gasteiger partial charge in [-0.3, -0.25) is 0 Å². The van der Waals surface area contributed by atoms with Gasteiger partial charge in [0.1, 0.15) is 11.8 Å². The summed E-state index contributed by atoms with van der Waals surface area (Å²) in [6.45, 7) is 1.47. The predicted octanol–water partition coefficient (Wildman–Crippen LogP) is 4.44. The van der Waals surface area contributed by atoms with Crippen molar-refractivity contribution >= 4 is 56.8 Å². The van der Waals surface area contributed by atoms with Crippen molar-refractivity contribution in [2.24, 2.45) is 0 Å². The molecule has 1 heterocycles. The minimum Gasteiger partial charge on any atom is -0.741 e. The van der Waals surface area contributed by atoms with Crippen molar-refractivity contribution in [3.8, 4) is 0 Å². The molecule has 1 fully saturated rings. The lowest BCUT2D eigenvalue weighted by atomic mass is 10.4. The highest BCUT2D eigenvalue weighted by molar-refractivity contribution is 8.68. The number of thioether (sulfide) groups is 2. The van der Waals surface area contributed by atoms with E-state index in [2.05, 4.69) is 78.2 Å². The largest absolute Gasteiger partial charge is 0.741 e. The highest BCUT2D eigenvalue weighted by Gasteiger charge is 2.45. The zero-order chi connectivity index (χ0) is 18.4. The molecule has 3 nitrogen and oxygen atoms in total. The highest BCUT2D eigenvalue weighted by Crippen LogP contribution is 2.74. The Morgan fingerprint density at radius 1 is 1.21 bits per heavy atom. The van der Waals surface area contributed by atoms with E-state index in [9.17, 15) is 13.2 Å². The molecule has 1 unspecified atom stereocenters. The van der Waals surface area contributed by atoms with Crippen LogP contribution in [0.5, 0.6) is 0 Å². The minimum absolute atomic E-state index is 0.804. The standard InChI is InChI=1S/C12H18PS3.CHF3O3S/c1-13(14-2,11-7-4-3-5-8-11)12-15-9-6-10-16-12;2-1(3,4)8(5,6)7/h3-5,7-8,12H,6,9-10H2,1-2H3;(H,5,6,7)/q+1;/p-1. The van der Waals surface area contributed by atoms with Gasteiger partial charge in [-0.1, -0.05) is 18.2 Å². The Balaban J connectivity index is 0.000000307. The monoisotopic (exact) mass is 438 g/mol. The van der Waals surface area contributed by atoms with Crippen LogP contribution >= 0.6 is 41.4 Å². The first-order valence-electron chi connectivity index (χ1n) is 6.75. The summed E-state index contributed by atoms with van der Waals surface area (Å²) in [6.07, 6.45) is 3.67. The van der Waals surface area contributed by atoms with Crippen LogP contribution in [-0.2, 0) is 10.1 Å². The van der Waals surface area contributed by atoms with Gasteiger partial charge < -0.3 is 4.55 Å². The molecule has 0 spiro atoms. The summed E-state index contributed by atoms with van der Waals surface area (Å²) >= 11 is 6.46. The quantitative estimate of drug-likeness (QED) is 0.395. The van der Waals surface area contributed by atoms with Gasteiger partial charge in [0.05, 0.1) is 6.66 Å². The Hall–Kier alpha value is 0.400. The number of rotatable bonds is 3. The lowest BCUT2D eigenvalue weighted by molar-refractivity contribution is -0.0517. The minimum atomic E-state index is -6.09. The average Bonchev–Trinajstić information content (AvgIpc) is 2.54. The van der Waals surface area contributed by atoms with Gasteiger partial charge in [-0.15, -0.1) is 23.5 Å². The summed E-state index contributed by atoms with van der Waals surface area (Å²) in [7, 11) is -6.09. The van der Waals surface area contributed by atoms with Crippen molar-refractivity contribution in [3.05, 3.63) is 30.3 Å². The summed E-state index contributed by atoms with van der Waals surface area (Å²) in [5, 5.41) is 1.58. The Bertz CT molecular complexity index is 607. The van der Waals surface area contributed by atoms with Crippen molar-refractivity contribution in [1.82, 2.24) is 0 Å². The molecule has 0 N–H and O–H groups in total. The van der Waals surface area contributed by atoms with Crippen LogP contribution in [0.4, 0.5) is 13.2 Å². The maximum atomic E-state index is 10.7. The zero-order valence-electron chi connectivity index (χ0n) is 13.0. The van der Waals surface area contributed by atoms with E-state index in [1.165, 1.54) is 17.9 Å². The van der Waals surface area contributed by atoms with E-state index in [0.29, 0.717) is 0 Å². The summed E-state index contributed by atoms with van der Waals surface area (Å²) < 4.78 is 59.7. The van der Waals surface area contributed by atoms with Gasteiger partial charge in [-0.25, -0.2) is 8.42 Å². The molecule has 0 amide bonds. The number of hydrogen-bond acceptors (Lipinski definition) is 6. The SMILES string of the molecule is CS[P+](C)(c1ccccc1)C1SCCCS1.O=S(=O)([O-])C(F)(F)F. The molecule has 1 aromatic rings. The van der Waals surface area contributed by atoms with E-state index in [-0.39, 0.29) is 0 Å². The van der Waals surface area contributed by atoms with Crippen LogP contribution in [0.1, 0.15) is 6.42 Å². The Morgan fingerprint density at radius 3 is 2.04 bits per heavy atom. The van der Waals surface area contributed by atoms with Gasteiger partial charge >= 0.3 is 5.51 Å². The van der Waals surface area contributed by atoms with E-state index in [0.717, 1.165) is 4.32 Å². The van der Waals surface area contributed by atoms with Crippen LogP contribution in [0.3, 0.4) is 0 Å². The maximum absolute atomic E-state index is 10.7. The van der Waals surface area contributed by atoms with E-state index < -0.39 is 22.1 Å². The number of alkyl halides is 3. The third-order valence-corrected chi connectivity index (χ3v) is 16.8. The lowest BCUT2D eigenvalue weighted by Crippen LogP contribution is -2.21. The molecule has 0 saturated carbocycles. The van der Waals surface area contributed by atoms with Crippen molar-refractivity contribution in [2.45, 2.75) is 16.3 Å². The molecule has 0 bridgehead atoms. The first-order valence-corrected chi connectivity index (χ1v) is 14.4. The predicted molar refractivity (Wildman–Crippen MR) is 102 cm³/mol. The molecular weight excluding hydrogens is 420 g/mol. The van der Waals surface area contributed by atoms with Crippen molar-refractivity contribution in [2.75, 3.05) is 24.4 Å². The van der Waals surface area contributed by atoms with Crippen LogP contribution in [-0.4, -0.2) is 47.2 Å². The van der Waals surface area contributed by atoms with Gasteiger partial charge in [0.15, 0.2) is 14.4 Å². The number of hydrogen-bond donors (Lipinski definition) is 0. The highest BCUT2D eigenvalue weighted by atomic mass is 32.7. The van der Waals surface area contributed by atoms with Crippen LogP contribution in [0.15, 0.2) is 30.3 Å². The molecule has 1 atom stereocenters. The van der Waals surface area contributed by atoms with Gasteiger partial charge in [0.25, 0.3) is 0 Å². The molecule has 11 heteroatoms. The smallest absolute Gasteiger partial charge is 0.485 e. The zero-order valence-corrected chi connectivity index (χ0v) is 17.2. The van der Waals surface area contributed by atoms with Crippen LogP contribution < -0.4 is 5.30 Å². The first-order chi connectivity index (χ1) is 11.0. The van der Waals surface area contributed by atoms with Crippen molar-refractivity contribution < 1.29 is 26.1 Å². The van der Waals surface area contributed by atoms with E-state index in [1.807, 2.05) is 0 Å². The molecule has 0 aliphatic carbocycles. The molecule has 138 valence electrons. The molecule has 1 aliphatic rings. The van der Waals surface area contributed by atoms with Crippen molar-refractivity contribution in [3.63, 3.8) is 0 Å². The van der Waals surface area contributed by atoms with Gasteiger partial charge in [0, 0.05) is 17.6 Å². The fourth-order valence-corrected chi connectivity index (χ4v) is 13.2. The second-order valence-electron chi connectivity index (χ2n) is 4.81. The molecule has 1 aromatic carbocycles. The molecule has 1 saturated heterocycles. The fourth-order valence-electron chi connectivity index (χ4n) is 1.80. The normalized spacial score (nSPS) is 19.1. The molecular formula is C13H18F3O3PS4. The topological polar surface area (TPSA) is 57.2 Å². The van der Waals surface area contributed by atoms with Crippen molar-refractivity contribution in [1.29, 1.82) is 0 Å². The third kappa shape index (κ3) is 6.29. The van der Waals surface area contributed by atoms with E-state index in [1.54, 1.807) is 5.30 Å². The summed E-state index contributed by atoms with van der Waals surface area (Å²) in [4.78, 5) is 0. The number of halogens is 3. The molecule has 2 rings (SSSR count). The summed E-state index contributed by atoms with van der Waals surface area (Å²) in [6, 6.07) is 11.1. The lowest BCUT2D eigenvalue weighted by Gasteiger charge is -2.30. The second-order valence-corrected chi connectivity index (χ2v) is 16.4. The van der Waals surface area contributed by atoms with Gasteiger partial charge in [-0.2, -0.15) is 13.2 Å². The Morgan fingerprint density at radius 2 is 1.67 bits per heavy atom. The second kappa shape index (κ2) is 9.37. The molecule has 1 aliphatic heterocycles.